The summed E-state index contributed by atoms with van der Waals surface area (Å²) >= 11 is 0. The molecule has 1 aromatic carbocycles. The fourth-order valence-corrected chi connectivity index (χ4v) is 7.50. The number of carbonyl (C=O) groups excluding carboxylic acids is 2. The zero-order chi connectivity index (χ0) is 34.8. The fourth-order valence-electron chi connectivity index (χ4n) is 6.64. The van der Waals surface area contributed by atoms with Gasteiger partial charge < -0.3 is 15.1 Å². The molecule has 0 spiro atoms. The lowest BCUT2D eigenvalue weighted by molar-refractivity contribution is -0.138. The first-order valence-corrected chi connectivity index (χ1v) is 18.9. The van der Waals surface area contributed by atoms with E-state index in [2.05, 4.69) is 32.8 Å². The predicted octanol–water partition coefficient (Wildman–Crippen LogP) is -0.611. The molecule has 2 aromatic rings. The molecule has 3 heterocycles. The van der Waals surface area contributed by atoms with Crippen LogP contribution in [0, 0.1) is 17.8 Å². The minimum atomic E-state index is -4.29. The lowest BCUT2D eigenvalue weighted by Crippen LogP contribution is -2.60. The third-order valence-electron chi connectivity index (χ3n) is 9.51. The van der Waals surface area contributed by atoms with E-state index in [1.807, 2.05) is 24.3 Å². The number of anilines is 1. The number of likely N-dealkylation sites (tertiary alicyclic amines) is 1. The lowest BCUT2D eigenvalue weighted by atomic mass is 10.0. The predicted molar refractivity (Wildman–Crippen MR) is 179 cm³/mol. The molecule has 1 aliphatic carbocycles. The van der Waals surface area contributed by atoms with Crippen LogP contribution in [0.1, 0.15) is 26.3 Å². The van der Waals surface area contributed by atoms with Crippen LogP contribution in [0.25, 0.3) is 5.69 Å². The number of piperidine rings is 1. The summed E-state index contributed by atoms with van der Waals surface area (Å²) in [5, 5.41) is 8.21. The maximum atomic E-state index is 12.9. The number of amides is 3. The summed E-state index contributed by atoms with van der Waals surface area (Å²) in [6, 6.07) is 9.16. The van der Waals surface area contributed by atoms with E-state index in [4.69, 9.17) is 4.55 Å². The Balaban J connectivity index is 1.07. The highest BCUT2D eigenvalue weighted by Crippen LogP contribution is 2.51. The number of nitrogens with zero attached hydrogens (tertiary/aromatic N) is 5. The van der Waals surface area contributed by atoms with Crippen molar-refractivity contribution in [3.63, 3.8) is 0 Å². The number of carbonyl (C=O) groups is 2. The number of nitrogens with one attached hydrogen (secondary N) is 3. The number of hydrogen-bond acceptors (Lipinski definition) is 11. The zero-order valence-corrected chi connectivity index (χ0v) is 29.0. The largest absolute Gasteiger partial charge is 0.354 e. The van der Waals surface area contributed by atoms with E-state index in [0.717, 1.165) is 31.6 Å². The normalized spacial score (nSPS) is 22.1. The number of urea groups is 1. The van der Waals surface area contributed by atoms with Crippen molar-refractivity contribution < 1.29 is 31.0 Å². The molecule has 16 nitrogen and oxygen atoms in total. The van der Waals surface area contributed by atoms with E-state index in [9.17, 15) is 31.2 Å². The van der Waals surface area contributed by atoms with Gasteiger partial charge >= 0.3 is 11.7 Å². The molecule has 5 rings (SSSR count). The van der Waals surface area contributed by atoms with Gasteiger partial charge in [0.2, 0.25) is 5.91 Å². The molecule has 1 unspecified atom stereocenters. The molecule has 3 aliphatic rings. The van der Waals surface area contributed by atoms with Gasteiger partial charge in [-0.25, -0.2) is 18.0 Å². The summed E-state index contributed by atoms with van der Waals surface area (Å²) in [6.07, 6.45) is 2.42. The lowest BCUT2D eigenvalue weighted by Gasteiger charge is -2.38. The Morgan fingerprint density at radius 2 is 1.67 bits per heavy atom. The zero-order valence-electron chi connectivity index (χ0n) is 27.2. The molecule has 2 saturated heterocycles. The molecule has 2 aliphatic heterocycles. The number of piperazine rings is 1. The highest BCUT2D eigenvalue weighted by atomic mass is 32.2. The van der Waals surface area contributed by atoms with Gasteiger partial charge in [0.05, 0.1) is 17.1 Å². The fraction of sp³-hybridized carbons (Fsp3) is 0.600. The van der Waals surface area contributed by atoms with E-state index < -0.39 is 44.0 Å². The van der Waals surface area contributed by atoms with Gasteiger partial charge in [-0.2, -0.15) is 13.4 Å². The Labute approximate surface area is 281 Å². The van der Waals surface area contributed by atoms with Crippen molar-refractivity contribution in [3.8, 4) is 5.69 Å². The van der Waals surface area contributed by atoms with Gasteiger partial charge in [-0.1, -0.05) is 12.1 Å². The van der Waals surface area contributed by atoms with Crippen LogP contribution in [0.3, 0.4) is 0 Å². The summed E-state index contributed by atoms with van der Waals surface area (Å²) in [4.78, 5) is 48.1. The Kier molecular flexibility index (Phi) is 10.9. The van der Waals surface area contributed by atoms with Gasteiger partial charge in [0.25, 0.3) is 10.1 Å². The van der Waals surface area contributed by atoms with E-state index in [0.29, 0.717) is 29.5 Å². The highest BCUT2D eigenvalue weighted by molar-refractivity contribution is 7.85. The number of hydrogen-bond donors (Lipinski definition) is 5. The van der Waals surface area contributed by atoms with Crippen LogP contribution in [-0.4, -0.2) is 127 Å². The monoisotopic (exact) mass is 708 g/mol. The summed E-state index contributed by atoms with van der Waals surface area (Å²) in [6.45, 7) is 8.94. The second-order valence-electron chi connectivity index (χ2n) is 13.3. The molecule has 18 heteroatoms. The quantitative estimate of drug-likeness (QED) is 0.131. The first-order chi connectivity index (χ1) is 22.6. The van der Waals surface area contributed by atoms with Crippen LogP contribution in [0.2, 0.25) is 0 Å². The van der Waals surface area contributed by atoms with Crippen molar-refractivity contribution in [2.24, 2.45) is 17.8 Å². The number of benzene rings is 1. The summed E-state index contributed by atoms with van der Waals surface area (Å²) in [5.74, 6) is 0.845. The smallest absolute Gasteiger partial charge is 0.338 e. The van der Waals surface area contributed by atoms with Crippen LogP contribution >= 0.6 is 0 Å². The Morgan fingerprint density at radius 3 is 2.25 bits per heavy atom. The average molecular weight is 709 g/mol. The molecule has 4 atom stereocenters. The molecule has 48 heavy (non-hydrogen) atoms. The van der Waals surface area contributed by atoms with Crippen LogP contribution in [0.5, 0.6) is 0 Å². The molecule has 264 valence electrons. The molecule has 3 fully saturated rings. The average Bonchev–Trinajstić information content (AvgIpc) is 3.46. The molecular formula is C30H44N8O8S2. The van der Waals surface area contributed by atoms with Gasteiger partial charge in [-0.3, -0.25) is 29.4 Å². The molecule has 0 radical (unpaired) electrons. The van der Waals surface area contributed by atoms with Crippen LogP contribution in [0.4, 0.5) is 10.6 Å². The van der Waals surface area contributed by atoms with Gasteiger partial charge in [0.1, 0.15) is 11.7 Å². The number of aromatic nitrogens is 2. The van der Waals surface area contributed by atoms with Gasteiger partial charge in [0, 0.05) is 51.5 Å². The van der Waals surface area contributed by atoms with Gasteiger partial charge in [0.15, 0.2) is 10.7 Å². The Morgan fingerprint density at radius 1 is 1.04 bits per heavy atom. The molecular weight excluding hydrogens is 665 g/mol. The third kappa shape index (κ3) is 8.97. The first kappa shape index (κ1) is 35.9. The third-order valence-corrected chi connectivity index (χ3v) is 10.5. The second kappa shape index (κ2) is 14.6. The Bertz CT molecular complexity index is 1720. The van der Waals surface area contributed by atoms with Crippen LogP contribution in [-0.2, 0) is 32.0 Å². The van der Waals surface area contributed by atoms with Crippen LogP contribution < -0.4 is 21.6 Å². The number of thiol groups is 1. The minimum Gasteiger partial charge on any atom is -0.338 e. The molecule has 1 aromatic heterocycles. The minimum absolute atomic E-state index is 0.0422. The van der Waals surface area contributed by atoms with Crippen molar-refractivity contribution in [1.82, 2.24) is 34.9 Å². The maximum Gasteiger partial charge on any atom is 0.354 e. The molecule has 1 saturated carbocycles. The van der Waals surface area contributed by atoms with E-state index >= 15 is 0 Å². The van der Waals surface area contributed by atoms with E-state index in [-0.39, 0.29) is 43.8 Å². The van der Waals surface area contributed by atoms with Crippen LogP contribution in [0.15, 0.2) is 41.3 Å². The summed E-state index contributed by atoms with van der Waals surface area (Å²) < 4.78 is 54.0. The molecule has 0 bridgehead atoms. The second-order valence-corrected chi connectivity index (χ2v) is 15.7. The van der Waals surface area contributed by atoms with E-state index in [1.54, 1.807) is 12.3 Å². The van der Waals surface area contributed by atoms with Crippen molar-refractivity contribution in [3.05, 3.63) is 52.6 Å². The standard InChI is InChI=1S/C30H44N8O8S2/c1-20(37-16-24-23(25(24)17-37)15-31-18-47(42)43)14-21-4-6-22(7-5-21)38-9-8-26(34-29(38)41)33-28(40)36-12-10-35(11-13-36)27(39)30(2,3)32-19-48(44,45)46/h4-9,20,23-25,31-32,47H,10-19H2,1-3H3,(H,44,45,46)(H,33,34,40,41)/t20?,23-,24-,25+. The van der Waals surface area contributed by atoms with Crippen molar-refractivity contribution in [2.45, 2.75) is 38.8 Å². The maximum absolute atomic E-state index is 12.9. The summed E-state index contributed by atoms with van der Waals surface area (Å²) in [5.41, 5.74) is 0.00512. The van der Waals surface area contributed by atoms with Crippen molar-refractivity contribution in [2.75, 3.05) is 62.9 Å². The molecule has 3 amide bonds. The highest BCUT2D eigenvalue weighted by Gasteiger charge is 2.55. The number of fused-ring (bicyclic) bond motifs is 1. The van der Waals surface area contributed by atoms with E-state index in [1.165, 1.54) is 28.2 Å². The van der Waals surface area contributed by atoms with Crippen molar-refractivity contribution >= 4 is 38.6 Å². The summed E-state index contributed by atoms with van der Waals surface area (Å²) in [7, 11) is -6.68. The van der Waals surface area contributed by atoms with Gasteiger partial charge in [-0.05, 0) is 75.3 Å². The number of rotatable bonds is 13. The first-order valence-electron chi connectivity index (χ1n) is 15.9. The topological polar surface area (TPSA) is 203 Å². The Hall–Kier alpha value is -3.42. The molecule has 4 N–H and O–H groups in total. The van der Waals surface area contributed by atoms with Crippen molar-refractivity contribution in [1.29, 1.82) is 0 Å². The van der Waals surface area contributed by atoms with Gasteiger partial charge in [-0.15, -0.1) is 0 Å². The SMILES string of the molecule is CC(Cc1ccc(-n2ccc(NC(=O)N3CCN(C(=O)C(C)(C)NCS(=O)(=O)O)CC3)nc2=O)cc1)N1C[C@@H]2[C@@H](CNC[SH](=O)=O)[C@@H]2C1.